The number of aryl methyl sites for hydroxylation is 2. The van der Waals surface area contributed by atoms with Gasteiger partial charge in [-0.1, -0.05) is 6.92 Å². The number of nitrogens with zero attached hydrogens (tertiary/aromatic N) is 5. The van der Waals surface area contributed by atoms with Gasteiger partial charge in [0.2, 0.25) is 11.7 Å². The van der Waals surface area contributed by atoms with Crippen LogP contribution < -0.4 is 5.32 Å². The molecule has 11 heteroatoms. The maximum absolute atomic E-state index is 14.0. The van der Waals surface area contributed by atoms with Gasteiger partial charge in [-0.25, -0.2) is 4.68 Å². The number of hydrogen-bond acceptors (Lipinski definition) is 6. The van der Waals surface area contributed by atoms with E-state index in [9.17, 15) is 18.0 Å². The smallest absolute Gasteiger partial charge is 0.320 e. The van der Waals surface area contributed by atoms with Crippen LogP contribution in [0.15, 0.2) is 42.0 Å². The third kappa shape index (κ3) is 3.24. The van der Waals surface area contributed by atoms with Crippen LogP contribution in [-0.4, -0.2) is 36.5 Å². The van der Waals surface area contributed by atoms with Crippen LogP contribution in [0, 0.1) is 0 Å². The molecule has 0 saturated heterocycles. The lowest BCUT2D eigenvalue weighted by molar-refractivity contribution is -0.0918. The lowest BCUT2D eigenvalue weighted by atomic mass is 9.94. The number of carbonyl (C=O) groups is 1. The molecule has 4 rings (SSSR count). The molecule has 0 bridgehead atoms. The monoisotopic (exact) mass is 422 g/mol. The van der Waals surface area contributed by atoms with Crippen LogP contribution in [0.5, 0.6) is 0 Å². The minimum absolute atomic E-state index is 0.0804. The fourth-order valence-electron chi connectivity index (χ4n) is 3.36. The number of anilines is 1. The van der Waals surface area contributed by atoms with Crippen molar-refractivity contribution >= 4 is 23.1 Å². The summed E-state index contributed by atoms with van der Waals surface area (Å²) in [5.41, 5.74) is -1.11. The van der Waals surface area contributed by atoms with E-state index in [1.165, 1.54) is 22.2 Å². The van der Waals surface area contributed by atoms with Crippen LogP contribution in [0.3, 0.4) is 0 Å². The minimum Gasteiger partial charge on any atom is -0.320 e. The predicted molar refractivity (Wildman–Crippen MR) is 101 cm³/mol. The zero-order valence-corrected chi connectivity index (χ0v) is 16.4. The molecule has 0 amide bonds. The Balaban J connectivity index is 1.96. The topological polar surface area (TPSA) is 77.6 Å². The number of aromatic nitrogens is 5. The van der Waals surface area contributed by atoms with Crippen LogP contribution in [-0.2, 0) is 13.0 Å². The van der Waals surface area contributed by atoms with Crippen LogP contribution >= 0.6 is 11.3 Å². The summed E-state index contributed by atoms with van der Waals surface area (Å²) >= 11 is 1.19. The van der Waals surface area contributed by atoms with Gasteiger partial charge in [0.05, 0.1) is 16.1 Å². The number of ketones is 1. The molecule has 152 valence electrons. The van der Waals surface area contributed by atoms with Gasteiger partial charge in [0, 0.05) is 17.6 Å². The second-order valence-corrected chi connectivity index (χ2v) is 7.53. The largest absolute Gasteiger partial charge is 0.431 e. The molecule has 0 radical (unpaired) electrons. The Kier molecular flexibility index (Phi) is 4.77. The number of halogens is 3. The maximum atomic E-state index is 14.0. The summed E-state index contributed by atoms with van der Waals surface area (Å²) in [7, 11) is 0. The minimum atomic E-state index is -4.78. The number of rotatable bonds is 5. The summed E-state index contributed by atoms with van der Waals surface area (Å²) in [5.74, 6) is -0.771. The molecule has 4 heterocycles. The quantitative estimate of drug-likeness (QED) is 0.633. The molecule has 1 aliphatic rings. The summed E-state index contributed by atoms with van der Waals surface area (Å²) in [6.07, 6.45) is -1.43. The molecule has 3 aromatic rings. The zero-order chi connectivity index (χ0) is 20.8. The van der Waals surface area contributed by atoms with E-state index < -0.39 is 29.3 Å². The van der Waals surface area contributed by atoms with E-state index in [1.54, 1.807) is 22.9 Å². The average molecular weight is 422 g/mol. The van der Waals surface area contributed by atoms with E-state index in [4.69, 9.17) is 0 Å². The van der Waals surface area contributed by atoms with Crippen molar-refractivity contribution in [2.45, 2.75) is 39.0 Å². The van der Waals surface area contributed by atoms with Gasteiger partial charge in [-0.2, -0.15) is 28.4 Å². The highest BCUT2D eigenvalue weighted by Crippen LogP contribution is 2.42. The first-order valence-corrected chi connectivity index (χ1v) is 9.79. The molecule has 0 unspecified atom stereocenters. The van der Waals surface area contributed by atoms with Crippen LogP contribution in [0.1, 0.15) is 40.1 Å². The lowest BCUT2D eigenvalue weighted by Gasteiger charge is -2.30. The third-order valence-corrected chi connectivity index (χ3v) is 5.92. The zero-order valence-electron chi connectivity index (χ0n) is 15.6. The van der Waals surface area contributed by atoms with E-state index in [-0.39, 0.29) is 10.8 Å². The van der Waals surface area contributed by atoms with Crippen molar-refractivity contribution in [1.29, 1.82) is 0 Å². The summed E-state index contributed by atoms with van der Waals surface area (Å²) in [4.78, 5) is 18.4. The third-order valence-electron chi connectivity index (χ3n) is 4.69. The highest BCUT2D eigenvalue weighted by atomic mass is 32.1. The molecular formula is C18H17F3N6OS. The molecule has 0 saturated carbocycles. The first-order valence-electron chi connectivity index (χ1n) is 8.98. The number of Topliss-reactive ketones (excluding diaryl/α,β-unsaturated/α-hetero) is 1. The number of hydrogen-bond donors (Lipinski definition) is 1. The van der Waals surface area contributed by atoms with Crippen LogP contribution in [0.2, 0.25) is 0 Å². The highest BCUT2D eigenvalue weighted by Gasteiger charge is 2.46. The molecule has 1 N–H and O–H groups in total. The Morgan fingerprint density at radius 3 is 2.69 bits per heavy atom. The average Bonchev–Trinajstić information content (AvgIpc) is 3.44. The van der Waals surface area contributed by atoms with Crippen molar-refractivity contribution in [2.24, 2.45) is 0 Å². The van der Waals surface area contributed by atoms with Gasteiger partial charge in [-0.3, -0.25) is 9.48 Å². The summed E-state index contributed by atoms with van der Waals surface area (Å²) in [5, 5.41) is 10.5. The van der Waals surface area contributed by atoms with Crippen LogP contribution in [0.4, 0.5) is 19.1 Å². The van der Waals surface area contributed by atoms with Crippen molar-refractivity contribution in [3.05, 3.63) is 57.4 Å². The van der Waals surface area contributed by atoms with Gasteiger partial charge < -0.3 is 5.32 Å². The predicted octanol–water partition coefficient (Wildman–Crippen LogP) is 3.83. The van der Waals surface area contributed by atoms with Gasteiger partial charge in [0.25, 0.3) is 0 Å². The van der Waals surface area contributed by atoms with Crippen molar-refractivity contribution in [3.63, 3.8) is 0 Å². The molecule has 1 atom stereocenters. The van der Waals surface area contributed by atoms with Gasteiger partial charge >= 0.3 is 6.18 Å². The Bertz CT molecular complexity index is 1090. The van der Waals surface area contributed by atoms with Crippen molar-refractivity contribution in [1.82, 2.24) is 24.5 Å². The van der Waals surface area contributed by atoms with Gasteiger partial charge in [0.15, 0.2) is 0 Å². The van der Waals surface area contributed by atoms with E-state index >= 15 is 0 Å². The first-order chi connectivity index (χ1) is 13.8. The lowest BCUT2D eigenvalue weighted by Crippen LogP contribution is -2.35. The van der Waals surface area contributed by atoms with E-state index in [0.717, 1.165) is 11.2 Å². The molecule has 3 aromatic heterocycles. The van der Waals surface area contributed by atoms with Crippen LogP contribution in [0.25, 0.3) is 0 Å². The molecule has 7 nitrogen and oxygen atoms in total. The molecule has 0 spiro atoms. The number of alkyl halides is 3. The normalized spacial score (nSPS) is 16.7. The standard InChI is InChI=1S/C18H17F3N6OS/c1-3-10-5-6-12(29-10)15(28)13-14(11-7-8-23-26(11)4-2)27-17(22-9-24-27)25-16(13)18(19,20)21/h5-9,14H,3-4H2,1-2H3,(H,22,24,25)/t14-/m0/s1. The first kappa shape index (κ1) is 19.4. The maximum Gasteiger partial charge on any atom is 0.431 e. The number of fused-ring (bicyclic) bond motifs is 1. The Morgan fingerprint density at radius 1 is 1.24 bits per heavy atom. The van der Waals surface area contributed by atoms with Crippen molar-refractivity contribution < 1.29 is 18.0 Å². The van der Waals surface area contributed by atoms with E-state index in [0.29, 0.717) is 18.7 Å². The van der Waals surface area contributed by atoms with Crippen molar-refractivity contribution in [2.75, 3.05) is 5.32 Å². The summed E-state index contributed by atoms with van der Waals surface area (Å²) < 4.78 is 44.8. The molecule has 29 heavy (non-hydrogen) atoms. The van der Waals surface area contributed by atoms with Gasteiger partial charge in [0.1, 0.15) is 18.1 Å². The van der Waals surface area contributed by atoms with Gasteiger partial charge in [-0.05, 0) is 31.5 Å². The number of nitrogens with one attached hydrogen (secondary N) is 1. The molecule has 0 fully saturated rings. The Hall–Kier alpha value is -2.95. The van der Waals surface area contributed by atoms with E-state index in [1.807, 2.05) is 13.8 Å². The Morgan fingerprint density at radius 2 is 2.03 bits per heavy atom. The Labute approximate surface area is 167 Å². The number of carbonyl (C=O) groups excluding carboxylic acids is 1. The molecular weight excluding hydrogens is 405 g/mol. The SMILES string of the molecule is CCc1ccc(C(=O)C2=C(C(F)(F)F)Nc3ncnn3[C@H]2c2ccnn2CC)s1. The fraction of sp³-hybridized carbons (Fsp3) is 0.333. The summed E-state index contributed by atoms with van der Waals surface area (Å²) in [6.45, 7) is 4.17. The van der Waals surface area contributed by atoms with Gasteiger partial charge in [-0.15, -0.1) is 11.3 Å². The number of allylic oxidation sites excluding steroid dienone is 2. The molecule has 1 aliphatic heterocycles. The number of thiophene rings is 1. The van der Waals surface area contributed by atoms with Crippen molar-refractivity contribution in [3.8, 4) is 0 Å². The second kappa shape index (κ2) is 7.14. The second-order valence-electron chi connectivity index (χ2n) is 6.36. The molecule has 0 aromatic carbocycles. The highest BCUT2D eigenvalue weighted by molar-refractivity contribution is 7.14. The van der Waals surface area contributed by atoms with E-state index in [2.05, 4.69) is 20.5 Å². The fourth-order valence-corrected chi connectivity index (χ4v) is 4.26. The molecule has 0 aliphatic carbocycles. The summed E-state index contributed by atoms with van der Waals surface area (Å²) in [6, 6.07) is 3.82.